The summed E-state index contributed by atoms with van der Waals surface area (Å²) < 4.78 is 33.5. The van der Waals surface area contributed by atoms with Crippen molar-refractivity contribution in [1.29, 1.82) is 0 Å². The maximum Gasteiger partial charge on any atom is 0.293 e. The Morgan fingerprint density at radius 1 is 1.29 bits per heavy atom. The number of hydrogen-bond acceptors (Lipinski definition) is 7. The number of aromatic nitrogens is 1. The summed E-state index contributed by atoms with van der Waals surface area (Å²) in [5, 5.41) is 14.7. The van der Waals surface area contributed by atoms with Crippen molar-refractivity contribution < 1.29 is 18.1 Å². The number of nitrogens with one attached hydrogen (secondary N) is 1. The van der Waals surface area contributed by atoms with E-state index in [1.54, 1.807) is 0 Å². The third-order valence-electron chi connectivity index (χ3n) is 5.06. The van der Waals surface area contributed by atoms with E-state index in [0.717, 1.165) is 17.3 Å². The van der Waals surface area contributed by atoms with E-state index in [4.69, 9.17) is 4.74 Å². The van der Waals surface area contributed by atoms with Crippen LogP contribution in [0.2, 0.25) is 0 Å². The van der Waals surface area contributed by atoms with Gasteiger partial charge in [-0.2, -0.15) is 0 Å². The van der Waals surface area contributed by atoms with Crippen molar-refractivity contribution in [3.05, 3.63) is 51.8 Å². The molecule has 2 aromatic rings. The lowest BCUT2D eigenvalue weighted by Crippen LogP contribution is -2.35. The number of nitro groups is 1. The molecule has 9 nitrogen and oxygen atoms in total. The van der Waals surface area contributed by atoms with E-state index in [2.05, 4.69) is 10.3 Å². The molecule has 0 saturated carbocycles. The number of hydrogen-bond donors (Lipinski definition) is 1. The van der Waals surface area contributed by atoms with Gasteiger partial charge in [-0.25, -0.2) is 8.42 Å². The zero-order valence-corrected chi connectivity index (χ0v) is 19.0. The van der Waals surface area contributed by atoms with E-state index in [9.17, 15) is 18.5 Å². The number of benzene rings is 1. The van der Waals surface area contributed by atoms with E-state index in [-0.39, 0.29) is 23.0 Å². The van der Waals surface area contributed by atoms with E-state index in [1.807, 2.05) is 33.8 Å². The summed E-state index contributed by atoms with van der Waals surface area (Å²) >= 11 is 0. The van der Waals surface area contributed by atoms with Crippen LogP contribution in [-0.4, -0.2) is 44.6 Å². The number of nitrogens with zero attached hydrogens (tertiary/aromatic N) is 3. The Kier molecular flexibility index (Phi) is 6.80. The fraction of sp³-hybridized carbons (Fsp3) is 0.476. The molecule has 1 aliphatic rings. The Balaban J connectivity index is 2.00. The van der Waals surface area contributed by atoms with Crippen LogP contribution in [0.15, 0.2) is 35.4 Å². The molecule has 3 rings (SSSR count). The molecule has 1 N–H and O–H groups in total. The van der Waals surface area contributed by atoms with E-state index in [0.29, 0.717) is 37.1 Å². The van der Waals surface area contributed by atoms with Gasteiger partial charge in [-0.1, -0.05) is 13.8 Å². The van der Waals surface area contributed by atoms with Crippen LogP contribution >= 0.6 is 0 Å². The molecule has 0 amide bonds. The summed E-state index contributed by atoms with van der Waals surface area (Å²) in [5.41, 5.74) is 2.04. The second kappa shape index (κ2) is 9.19. The molecular weight excluding hydrogens is 420 g/mol. The average molecular weight is 449 g/mol. The van der Waals surface area contributed by atoms with Crippen molar-refractivity contribution in [3.8, 4) is 0 Å². The average Bonchev–Trinajstić information content (AvgIpc) is 2.65. The van der Waals surface area contributed by atoms with Gasteiger partial charge in [0.1, 0.15) is 5.69 Å². The monoisotopic (exact) mass is 448 g/mol. The largest absolute Gasteiger partial charge is 0.381 e. The molecule has 2 heterocycles. The Bertz CT molecular complexity index is 1070. The first-order valence-corrected chi connectivity index (χ1v) is 11.6. The molecule has 0 aliphatic carbocycles. The van der Waals surface area contributed by atoms with Crippen molar-refractivity contribution in [2.45, 2.75) is 32.6 Å². The number of nitro benzene ring substituents is 1. The minimum absolute atomic E-state index is 0.0381. The summed E-state index contributed by atoms with van der Waals surface area (Å²) in [6.45, 7) is 9.47. The smallest absolute Gasteiger partial charge is 0.293 e. The highest BCUT2D eigenvalue weighted by atomic mass is 32.2. The summed E-state index contributed by atoms with van der Waals surface area (Å²) in [4.78, 5) is 15.2. The predicted octanol–water partition coefficient (Wildman–Crippen LogP) is 3.52. The first kappa shape index (κ1) is 23.0. The molecule has 10 heteroatoms. The minimum Gasteiger partial charge on any atom is -0.381 e. The van der Waals surface area contributed by atoms with Gasteiger partial charge < -0.3 is 10.1 Å². The highest BCUT2D eigenvalue weighted by molar-refractivity contribution is 7.92. The predicted molar refractivity (Wildman–Crippen MR) is 119 cm³/mol. The Hall–Kier alpha value is -2.72. The molecule has 0 atom stereocenters. The molecule has 1 aromatic heterocycles. The van der Waals surface area contributed by atoms with Crippen molar-refractivity contribution in [2.24, 2.45) is 11.8 Å². The highest BCUT2D eigenvalue weighted by Gasteiger charge is 2.30. The van der Waals surface area contributed by atoms with Gasteiger partial charge in [0.15, 0.2) is 0 Å². The second-order valence-corrected chi connectivity index (χ2v) is 10.1. The molecule has 168 valence electrons. The van der Waals surface area contributed by atoms with Crippen LogP contribution in [-0.2, 0) is 14.8 Å². The van der Waals surface area contributed by atoms with Crippen LogP contribution in [0.5, 0.6) is 0 Å². The summed E-state index contributed by atoms with van der Waals surface area (Å²) in [5.74, 6) is 0.331. The van der Waals surface area contributed by atoms with Crippen LogP contribution in [0.3, 0.4) is 0 Å². The number of pyridine rings is 1. The second-order valence-electron chi connectivity index (χ2n) is 8.26. The molecule has 0 radical (unpaired) electrons. The van der Waals surface area contributed by atoms with Crippen molar-refractivity contribution in [3.63, 3.8) is 0 Å². The fourth-order valence-electron chi connectivity index (χ4n) is 3.36. The topological polar surface area (TPSA) is 115 Å². The maximum atomic E-state index is 13.6. The molecule has 1 saturated heterocycles. The SMILES string of the molecule is Cc1cc(C)c(N(CC(C)C)S(=O)(=O)c2ccc(NCC3COC3)c([N+](=O)[O-])c2)cn1. The van der Waals surface area contributed by atoms with Crippen molar-refractivity contribution in [2.75, 3.05) is 35.9 Å². The van der Waals surface area contributed by atoms with E-state index < -0.39 is 14.9 Å². The molecule has 1 aliphatic heterocycles. The van der Waals surface area contributed by atoms with E-state index in [1.165, 1.54) is 22.6 Å². The first-order valence-electron chi connectivity index (χ1n) is 10.2. The van der Waals surface area contributed by atoms with Gasteiger partial charge in [-0.3, -0.25) is 19.4 Å². The molecule has 0 unspecified atom stereocenters. The fourth-order valence-corrected chi connectivity index (χ4v) is 5.06. The quantitative estimate of drug-likeness (QED) is 0.461. The van der Waals surface area contributed by atoms with E-state index >= 15 is 0 Å². The molecule has 1 fully saturated rings. The van der Waals surface area contributed by atoms with Gasteiger partial charge in [-0.15, -0.1) is 0 Å². The van der Waals surface area contributed by atoms with Gasteiger partial charge >= 0.3 is 0 Å². The number of anilines is 2. The minimum atomic E-state index is -4.04. The zero-order valence-electron chi connectivity index (χ0n) is 18.2. The van der Waals surface area contributed by atoms with Crippen LogP contribution in [0, 0.1) is 35.8 Å². The number of ether oxygens (including phenoxy) is 1. The summed E-state index contributed by atoms with van der Waals surface area (Å²) in [7, 11) is -4.04. The van der Waals surface area contributed by atoms with Gasteiger partial charge in [0.2, 0.25) is 0 Å². The molecule has 1 aromatic carbocycles. The first-order chi connectivity index (χ1) is 14.6. The molecule has 0 spiro atoms. The molecular formula is C21H28N4O5S. The Labute approximate surface area is 182 Å². The normalized spacial score (nSPS) is 14.4. The van der Waals surface area contributed by atoms with Crippen molar-refractivity contribution in [1.82, 2.24) is 4.98 Å². The van der Waals surface area contributed by atoms with Crippen LogP contribution < -0.4 is 9.62 Å². The van der Waals surface area contributed by atoms with Gasteiger partial charge in [0, 0.05) is 30.8 Å². The highest BCUT2D eigenvalue weighted by Crippen LogP contribution is 2.32. The third kappa shape index (κ3) is 5.13. The third-order valence-corrected chi connectivity index (χ3v) is 6.84. The lowest BCUT2D eigenvalue weighted by molar-refractivity contribution is -0.384. The van der Waals surface area contributed by atoms with Gasteiger partial charge in [0.05, 0.1) is 34.9 Å². The van der Waals surface area contributed by atoms with Crippen LogP contribution in [0.1, 0.15) is 25.1 Å². The summed E-state index contributed by atoms with van der Waals surface area (Å²) in [6, 6.07) is 5.81. The number of sulfonamides is 1. The molecule has 31 heavy (non-hydrogen) atoms. The Morgan fingerprint density at radius 3 is 2.55 bits per heavy atom. The standard InChI is InChI=1S/C21H28N4O5S/c1-14(2)11-24(21-10-22-16(4)7-15(21)3)31(28,29)18-5-6-19(20(8-18)25(26)27)23-9-17-12-30-13-17/h5-8,10,14,17,23H,9,11-13H2,1-4H3. The Morgan fingerprint density at radius 2 is 2.00 bits per heavy atom. The van der Waals surface area contributed by atoms with Crippen molar-refractivity contribution >= 4 is 27.1 Å². The van der Waals surface area contributed by atoms with Crippen LogP contribution in [0.25, 0.3) is 0 Å². The summed E-state index contributed by atoms with van der Waals surface area (Å²) in [6.07, 6.45) is 1.54. The van der Waals surface area contributed by atoms with Gasteiger partial charge in [0.25, 0.3) is 15.7 Å². The molecule has 0 bridgehead atoms. The lowest BCUT2D eigenvalue weighted by Gasteiger charge is -2.28. The van der Waals surface area contributed by atoms with Gasteiger partial charge in [-0.05, 0) is 43.5 Å². The van der Waals surface area contributed by atoms with Crippen LogP contribution in [0.4, 0.5) is 17.1 Å². The zero-order chi connectivity index (χ0) is 22.8. The lowest BCUT2D eigenvalue weighted by atomic mass is 10.1. The maximum absolute atomic E-state index is 13.6. The number of aryl methyl sites for hydroxylation is 2. The number of rotatable bonds is 9.